The standard InChI is InChI=1S/C22H30N4O2S/c1-13-10-14(2)17(15(3)11-13)24-19(27)18-16(4)23-20(29-18)25-21(28)26-9-7-8-22(5,6)12-26/h10-11H,7-9,12H2,1-6H3,(H,24,27)(H,23,25,28). The maximum absolute atomic E-state index is 12.8. The Labute approximate surface area is 176 Å². The number of anilines is 2. The van der Waals surface area contributed by atoms with Gasteiger partial charge in [-0.3, -0.25) is 10.1 Å². The third-order valence-electron chi connectivity index (χ3n) is 5.32. The molecule has 1 aliphatic rings. The summed E-state index contributed by atoms with van der Waals surface area (Å²) in [6.45, 7) is 13.6. The Morgan fingerprint density at radius 2 is 1.76 bits per heavy atom. The van der Waals surface area contributed by atoms with Gasteiger partial charge in [0.2, 0.25) is 0 Å². The van der Waals surface area contributed by atoms with Crippen LogP contribution in [0.4, 0.5) is 15.6 Å². The fourth-order valence-electron chi connectivity index (χ4n) is 3.98. The van der Waals surface area contributed by atoms with E-state index < -0.39 is 0 Å². The zero-order valence-electron chi connectivity index (χ0n) is 18.1. The van der Waals surface area contributed by atoms with Crippen LogP contribution in [0.15, 0.2) is 12.1 Å². The molecule has 0 bridgehead atoms. The van der Waals surface area contributed by atoms with Crippen molar-refractivity contribution in [3.8, 4) is 0 Å². The maximum Gasteiger partial charge on any atom is 0.323 e. The average molecular weight is 415 g/mol. The molecule has 29 heavy (non-hydrogen) atoms. The van der Waals surface area contributed by atoms with E-state index in [9.17, 15) is 9.59 Å². The van der Waals surface area contributed by atoms with Crippen LogP contribution in [0.2, 0.25) is 0 Å². The molecule has 2 heterocycles. The summed E-state index contributed by atoms with van der Waals surface area (Å²) in [5.74, 6) is -0.199. The van der Waals surface area contributed by atoms with Crippen LogP contribution in [-0.2, 0) is 0 Å². The number of piperidine rings is 1. The average Bonchev–Trinajstić information content (AvgIpc) is 2.97. The number of rotatable bonds is 3. The second kappa shape index (κ2) is 8.14. The van der Waals surface area contributed by atoms with E-state index in [-0.39, 0.29) is 17.4 Å². The van der Waals surface area contributed by atoms with Crippen LogP contribution in [0.25, 0.3) is 0 Å². The van der Waals surface area contributed by atoms with E-state index in [4.69, 9.17) is 0 Å². The van der Waals surface area contributed by atoms with Crippen molar-refractivity contribution in [3.05, 3.63) is 39.4 Å². The molecular formula is C22H30N4O2S. The van der Waals surface area contributed by atoms with Gasteiger partial charge >= 0.3 is 6.03 Å². The summed E-state index contributed by atoms with van der Waals surface area (Å²) in [4.78, 5) is 32.2. The molecule has 7 heteroatoms. The first-order chi connectivity index (χ1) is 13.6. The first kappa shape index (κ1) is 21.3. The number of urea groups is 1. The smallest absolute Gasteiger partial charge is 0.323 e. The van der Waals surface area contributed by atoms with Crippen LogP contribution in [0, 0.1) is 33.1 Å². The van der Waals surface area contributed by atoms with Gasteiger partial charge in [-0.25, -0.2) is 9.78 Å². The summed E-state index contributed by atoms with van der Waals surface area (Å²) < 4.78 is 0. The minimum absolute atomic E-state index is 0.128. The van der Waals surface area contributed by atoms with Gasteiger partial charge in [0, 0.05) is 18.8 Å². The van der Waals surface area contributed by atoms with Gasteiger partial charge in [-0.1, -0.05) is 42.9 Å². The van der Waals surface area contributed by atoms with Gasteiger partial charge < -0.3 is 10.2 Å². The molecule has 1 aromatic carbocycles. The van der Waals surface area contributed by atoms with E-state index in [1.54, 1.807) is 6.92 Å². The van der Waals surface area contributed by atoms with Gasteiger partial charge in [-0.15, -0.1) is 0 Å². The van der Waals surface area contributed by atoms with Crippen molar-refractivity contribution in [1.82, 2.24) is 9.88 Å². The predicted octanol–water partition coefficient (Wildman–Crippen LogP) is 5.28. The number of nitrogens with one attached hydrogen (secondary N) is 2. The Morgan fingerprint density at radius 3 is 2.38 bits per heavy atom. The highest BCUT2D eigenvalue weighted by Gasteiger charge is 2.29. The molecule has 6 nitrogen and oxygen atoms in total. The largest absolute Gasteiger partial charge is 0.324 e. The summed E-state index contributed by atoms with van der Waals surface area (Å²) in [5, 5.41) is 6.34. The lowest BCUT2D eigenvalue weighted by Gasteiger charge is -2.37. The summed E-state index contributed by atoms with van der Waals surface area (Å²) in [6.07, 6.45) is 2.12. The number of nitrogens with zero attached hydrogens (tertiary/aromatic N) is 2. The van der Waals surface area contributed by atoms with E-state index in [0.29, 0.717) is 15.7 Å². The van der Waals surface area contributed by atoms with Crippen LogP contribution in [0.3, 0.4) is 0 Å². The highest BCUT2D eigenvalue weighted by atomic mass is 32.1. The first-order valence-corrected chi connectivity index (χ1v) is 10.8. The SMILES string of the molecule is Cc1cc(C)c(NC(=O)c2sc(NC(=O)N3CCCC(C)(C)C3)nc2C)c(C)c1. The molecule has 0 unspecified atom stereocenters. The third-order valence-corrected chi connectivity index (χ3v) is 6.39. The molecule has 0 radical (unpaired) electrons. The second-order valence-electron chi connectivity index (χ2n) is 8.78. The zero-order chi connectivity index (χ0) is 21.3. The summed E-state index contributed by atoms with van der Waals surface area (Å²) in [6, 6.07) is 3.95. The molecule has 2 N–H and O–H groups in total. The lowest BCUT2D eigenvalue weighted by molar-refractivity contribution is 0.102. The Bertz CT molecular complexity index is 925. The molecule has 0 atom stereocenters. The van der Waals surface area contributed by atoms with E-state index in [1.165, 1.54) is 11.3 Å². The Kier molecular flexibility index (Phi) is 5.98. The number of amides is 3. The fourth-order valence-corrected chi connectivity index (χ4v) is 4.83. The van der Waals surface area contributed by atoms with Gasteiger partial charge in [-0.05, 0) is 57.1 Å². The lowest BCUT2D eigenvalue weighted by Crippen LogP contribution is -2.45. The van der Waals surface area contributed by atoms with Crippen LogP contribution >= 0.6 is 11.3 Å². The number of aryl methyl sites for hydroxylation is 4. The number of likely N-dealkylation sites (tertiary alicyclic amines) is 1. The molecular weight excluding hydrogens is 384 g/mol. The summed E-state index contributed by atoms with van der Waals surface area (Å²) in [5.41, 5.74) is 4.79. The number of thiazole rings is 1. The van der Waals surface area contributed by atoms with Crippen molar-refractivity contribution in [2.24, 2.45) is 5.41 Å². The van der Waals surface area contributed by atoms with Crippen molar-refractivity contribution in [2.75, 3.05) is 23.7 Å². The van der Waals surface area contributed by atoms with E-state index in [1.807, 2.05) is 37.8 Å². The molecule has 1 aromatic heterocycles. The van der Waals surface area contributed by atoms with Crippen molar-refractivity contribution in [3.63, 3.8) is 0 Å². The van der Waals surface area contributed by atoms with E-state index in [0.717, 1.165) is 48.3 Å². The van der Waals surface area contributed by atoms with Crippen molar-refractivity contribution < 1.29 is 9.59 Å². The molecule has 3 amide bonds. The normalized spacial score (nSPS) is 15.9. The topological polar surface area (TPSA) is 74.3 Å². The predicted molar refractivity (Wildman–Crippen MR) is 119 cm³/mol. The molecule has 156 valence electrons. The molecule has 1 fully saturated rings. The van der Waals surface area contributed by atoms with Gasteiger partial charge in [0.1, 0.15) is 4.88 Å². The molecule has 1 saturated heterocycles. The Morgan fingerprint density at radius 1 is 1.10 bits per heavy atom. The quantitative estimate of drug-likeness (QED) is 0.717. The van der Waals surface area contributed by atoms with Gasteiger partial charge in [0.05, 0.1) is 5.69 Å². The number of benzene rings is 1. The minimum Gasteiger partial charge on any atom is -0.324 e. The maximum atomic E-state index is 12.8. The van der Waals surface area contributed by atoms with Crippen molar-refractivity contribution >= 4 is 34.1 Å². The Balaban J connectivity index is 1.71. The molecule has 2 aromatic rings. The molecule has 3 rings (SSSR count). The zero-order valence-corrected chi connectivity index (χ0v) is 18.9. The van der Waals surface area contributed by atoms with Crippen LogP contribution in [0.1, 0.15) is 58.7 Å². The molecule has 0 spiro atoms. The van der Waals surface area contributed by atoms with Gasteiger partial charge in [0.25, 0.3) is 5.91 Å². The monoisotopic (exact) mass is 414 g/mol. The second-order valence-corrected chi connectivity index (χ2v) is 9.78. The number of carbonyl (C=O) groups is 2. The van der Waals surface area contributed by atoms with Crippen molar-refractivity contribution in [1.29, 1.82) is 0 Å². The number of carbonyl (C=O) groups excluding carboxylic acids is 2. The molecule has 0 aliphatic carbocycles. The highest BCUT2D eigenvalue weighted by molar-refractivity contribution is 7.17. The summed E-state index contributed by atoms with van der Waals surface area (Å²) >= 11 is 1.21. The third kappa shape index (κ3) is 4.96. The van der Waals surface area contributed by atoms with Crippen LogP contribution < -0.4 is 10.6 Å². The van der Waals surface area contributed by atoms with Crippen LogP contribution in [-0.4, -0.2) is 34.9 Å². The molecule has 0 saturated carbocycles. The number of hydrogen-bond donors (Lipinski definition) is 2. The van der Waals surface area contributed by atoms with Gasteiger partial charge in [-0.2, -0.15) is 0 Å². The fraction of sp³-hybridized carbons (Fsp3) is 0.500. The van der Waals surface area contributed by atoms with Gasteiger partial charge in [0.15, 0.2) is 5.13 Å². The molecule has 1 aliphatic heterocycles. The van der Waals surface area contributed by atoms with E-state index in [2.05, 4.69) is 29.5 Å². The highest BCUT2D eigenvalue weighted by Crippen LogP contribution is 2.30. The Hall–Kier alpha value is -2.41. The van der Waals surface area contributed by atoms with Crippen molar-refractivity contribution in [2.45, 2.75) is 54.4 Å². The number of aromatic nitrogens is 1. The first-order valence-electron chi connectivity index (χ1n) is 9.98. The van der Waals surface area contributed by atoms with E-state index >= 15 is 0 Å². The minimum atomic E-state index is -0.199. The van der Waals surface area contributed by atoms with Crippen LogP contribution in [0.5, 0.6) is 0 Å². The number of hydrogen-bond acceptors (Lipinski definition) is 4. The lowest BCUT2D eigenvalue weighted by atomic mass is 9.84. The summed E-state index contributed by atoms with van der Waals surface area (Å²) in [7, 11) is 0.